The van der Waals surface area contributed by atoms with Gasteiger partial charge in [-0.05, 0) is 43.1 Å². The second-order valence-electron chi connectivity index (χ2n) is 11.1. The first-order valence-corrected chi connectivity index (χ1v) is 13.1. The standard InChI is InChI=1S/C28H27F2N5O4/c1-33-21-5-2-16(10-17(21)11-31-33)12-34-9-8-27(28(29,30)14-34)15-39-24-19-13-35(22-6-7-23(36)32-25(22)37)26(38)18(19)3-4-20(24)27/h2-5,10-11,22H,6-9,12-15H2,1H3,(H,32,36,37)/t22-,27?/m0/s1. The van der Waals surface area contributed by atoms with E-state index in [1.54, 1.807) is 27.9 Å². The molecule has 3 aromatic rings. The fraction of sp³-hybridized carbons (Fsp3) is 0.429. The van der Waals surface area contributed by atoms with Gasteiger partial charge in [0, 0.05) is 42.1 Å². The Morgan fingerprint density at radius 1 is 1.18 bits per heavy atom. The summed E-state index contributed by atoms with van der Waals surface area (Å²) in [6.07, 6.45) is 2.37. The predicted octanol–water partition coefficient (Wildman–Crippen LogP) is 2.51. The Hall–Kier alpha value is -3.86. The van der Waals surface area contributed by atoms with E-state index in [4.69, 9.17) is 4.74 Å². The number of alkyl halides is 2. The normalized spacial score (nSPS) is 26.2. The highest BCUT2D eigenvalue weighted by molar-refractivity contribution is 6.05. The van der Waals surface area contributed by atoms with Crippen molar-refractivity contribution in [1.29, 1.82) is 0 Å². The number of carbonyl (C=O) groups excluding carboxylic acids is 3. The lowest BCUT2D eigenvalue weighted by molar-refractivity contribution is -0.137. The quantitative estimate of drug-likeness (QED) is 0.518. The van der Waals surface area contributed by atoms with Crippen LogP contribution in [0, 0.1) is 0 Å². The molecule has 1 unspecified atom stereocenters. The summed E-state index contributed by atoms with van der Waals surface area (Å²) in [5.74, 6) is -3.94. The largest absolute Gasteiger partial charge is 0.492 e. The summed E-state index contributed by atoms with van der Waals surface area (Å²) in [5.41, 5.74) is 1.80. The van der Waals surface area contributed by atoms with Crippen LogP contribution in [0.3, 0.4) is 0 Å². The number of amides is 3. The number of benzene rings is 2. The van der Waals surface area contributed by atoms with Gasteiger partial charge >= 0.3 is 0 Å². The van der Waals surface area contributed by atoms with Crippen LogP contribution in [0.2, 0.25) is 0 Å². The molecule has 2 atom stereocenters. The number of hydrogen-bond acceptors (Lipinski definition) is 6. The van der Waals surface area contributed by atoms with E-state index in [-0.39, 0.29) is 44.2 Å². The van der Waals surface area contributed by atoms with Crippen molar-refractivity contribution in [1.82, 2.24) is 24.9 Å². The highest BCUT2D eigenvalue weighted by Crippen LogP contribution is 2.55. The minimum absolute atomic E-state index is 0.0915. The average Bonchev–Trinajstić information content (AvgIpc) is 3.56. The Labute approximate surface area is 222 Å². The number of nitrogens with zero attached hydrogens (tertiary/aromatic N) is 4. The third kappa shape index (κ3) is 3.52. The number of ether oxygens (including phenoxy) is 1. The van der Waals surface area contributed by atoms with Crippen LogP contribution in [0.4, 0.5) is 8.78 Å². The molecule has 1 aromatic heterocycles. The van der Waals surface area contributed by atoms with Gasteiger partial charge in [0.05, 0.1) is 30.2 Å². The Kier molecular flexibility index (Phi) is 5.16. The van der Waals surface area contributed by atoms with Crippen LogP contribution < -0.4 is 10.1 Å². The molecule has 39 heavy (non-hydrogen) atoms. The van der Waals surface area contributed by atoms with Crippen LogP contribution in [0.1, 0.15) is 46.3 Å². The van der Waals surface area contributed by atoms with Crippen molar-refractivity contribution in [3.63, 3.8) is 0 Å². The van der Waals surface area contributed by atoms with E-state index in [2.05, 4.69) is 10.4 Å². The smallest absolute Gasteiger partial charge is 0.273 e. The Morgan fingerprint density at radius 3 is 2.82 bits per heavy atom. The maximum Gasteiger partial charge on any atom is 0.273 e. The van der Waals surface area contributed by atoms with E-state index in [0.29, 0.717) is 35.5 Å². The monoisotopic (exact) mass is 535 g/mol. The van der Waals surface area contributed by atoms with Crippen LogP contribution >= 0.6 is 0 Å². The topological polar surface area (TPSA) is 96.8 Å². The number of imide groups is 1. The Morgan fingerprint density at radius 2 is 2.03 bits per heavy atom. The zero-order valence-corrected chi connectivity index (χ0v) is 21.4. The molecule has 7 rings (SSSR count). The summed E-state index contributed by atoms with van der Waals surface area (Å²) in [6.45, 7) is 0.410. The SMILES string of the molecule is Cn1ncc2cc(CN3CCC4(COc5c4ccc4c5CN([C@H]5CCC(=O)NC5=O)C4=O)C(F)(F)C3)ccc21. The van der Waals surface area contributed by atoms with Gasteiger partial charge in [-0.25, -0.2) is 8.78 Å². The molecule has 4 aliphatic rings. The number of likely N-dealkylation sites (tertiary alicyclic amines) is 1. The first-order chi connectivity index (χ1) is 18.7. The van der Waals surface area contributed by atoms with Crippen LogP contribution in [0.25, 0.3) is 10.9 Å². The number of aromatic nitrogens is 2. The van der Waals surface area contributed by atoms with Gasteiger partial charge in [-0.1, -0.05) is 12.1 Å². The molecule has 2 saturated heterocycles. The van der Waals surface area contributed by atoms with Crippen LogP contribution in [0.5, 0.6) is 5.75 Å². The minimum Gasteiger partial charge on any atom is -0.492 e. The Bertz CT molecular complexity index is 1570. The van der Waals surface area contributed by atoms with Crippen molar-refractivity contribution in [3.8, 4) is 5.75 Å². The zero-order valence-electron chi connectivity index (χ0n) is 21.4. The molecule has 3 amide bonds. The summed E-state index contributed by atoms with van der Waals surface area (Å²) in [6, 6.07) is 8.33. The minimum atomic E-state index is -3.06. The number of carbonyl (C=O) groups is 3. The van der Waals surface area contributed by atoms with Gasteiger partial charge in [0.2, 0.25) is 11.8 Å². The van der Waals surface area contributed by atoms with Crippen LogP contribution in [0.15, 0.2) is 36.5 Å². The molecule has 9 nitrogen and oxygen atoms in total. The number of fused-ring (bicyclic) bond motifs is 5. The van der Waals surface area contributed by atoms with E-state index in [0.717, 1.165) is 16.5 Å². The van der Waals surface area contributed by atoms with E-state index in [1.807, 2.05) is 25.2 Å². The average molecular weight is 536 g/mol. The molecule has 2 aromatic carbocycles. The molecule has 5 heterocycles. The molecule has 0 radical (unpaired) electrons. The van der Waals surface area contributed by atoms with Crippen molar-refractivity contribution >= 4 is 28.6 Å². The summed E-state index contributed by atoms with van der Waals surface area (Å²) < 4.78 is 39.8. The highest BCUT2D eigenvalue weighted by atomic mass is 19.3. The van der Waals surface area contributed by atoms with Gasteiger partial charge in [-0.3, -0.25) is 29.3 Å². The number of halogens is 2. The summed E-state index contributed by atoms with van der Waals surface area (Å²) in [4.78, 5) is 40.3. The van der Waals surface area contributed by atoms with Crippen molar-refractivity contribution in [2.45, 2.75) is 49.7 Å². The fourth-order valence-corrected chi connectivity index (χ4v) is 6.69. The summed E-state index contributed by atoms with van der Waals surface area (Å²) in [5, 5.41) is 7.51. The number of rotatable bonds is 3. The molecule has 4 aliphatic heterocycles. The maximum absolute atomic E-state index is 16.0. The van der Waals surface area contributed by atoms with E-state index in [9.17, 15) is 14.4 Å². The number of aryl methyl sites for hydroxylation is 1. The molecule has 202 valence electrons. The van der Waals surface area contributed by atoms with Gasteiger partial charge in [0.15, 0.2) is 0 Å². The van der Waals surface area contributed by atoms with E-state index in [1.165, 1.54) is 4.90 Å². The van der Waals surface area contributed by atoms with Gasteiger partial charge in [0.25, 0.3) is 11.8 Å². The number of piperidine rings is 2. The van der Waals surface area contributed by atoms with Gasteiger partial charge in [0.1, 0.15) is 18.4 Å². The summed E-state index contributed by atoms with van der Waals surface area (Å²) in [7, 11) is 1.87. The van der Waals surface area contributed by atoms with Gasteiger partial charge in [-0.2, -0.15) is 5.10 Å². The Balaban J connectivity index is 1.13. The lowest BCUT2D eigenvalue weighted by Crippen LogP contribution is -2.58. The molecule has 0 bridgehead atoms. The first kappa shape index (κ1) is 24.2. The molecule has 0 saturated carbocycles. The molecule has 1 N–H and O–H groups in total. The van der Waals surface area contributed by atoms with Crippen LogP contribution in [-0.4, -0.2) is 69.0 Å². The fourth-order valence-electron chi connectivity index (χ4n) is 6.69. The van der Waals surface area contributed by atoms with Gasteiger partial charge < -0.3 is 9.64 Å². The molecule has 0 aliphatic carbocycles. The molecular weight excluding hydrogens is 508 g/mol. The molecular formula is C28H27F2N5O4. The van der Waals surface area contributed by atoms with Crippen molar-refractivity contribution < 1.29 is 27.9 Å². The molecule has 11 heteroatoms. The van der Waals surface area contributed by atoms with Crippen molar-refractivity contribution in [2.24, 2.45) is 7.05 Å². The molecule has 2 fully saturated rings. The van der Waals surface area contributed by atoms with Crippen molar-refractivity contribution in [3.05, 3.63) is 58.8 Å². The van der Waals surface area contributed by atoms with E-state index < -0.39 is 29.8 Å². The number of nitrogens with one attached hydrogen (secondary N) is 1. The van der Waals surface area contributed by atoms with Crippen molar-refractivity contribution in [2.75, 3.05) is 19.7 Å². The highest BCUT2D eigenvalue weighted by Gasteiger charge is 2.62. The maximum atomic E-state index is 16.0. The van der Waals surface area contributed by atoms with Gasteiger partial charge in [-0.15, -0.1) is 0 Å². The lowest BCUT2D eigenvalue weighted by atomic mass is 9.71. The predicted molar refractivity (Wildman–Crippen MR) is 135 cm³/mol. The third-order valence-corrected chi connectivity index (χ3v) is 8.84. The summed E-state index contributed by atoms with van der Waals surface area (Å²) >= 11 is 0. The first-order valence-electron chi connectivity index (χ1n) is 13.1. The number of hydrogen-bond donors (Lipinski definition) is 1. The van der Waals surface area contributed by atoms with E-state index >= 15 is 8.78 Å². The molecule has 1 spiro atoms. The second-order valence-corrected chi connectivity index (χ2v) is 11.1. The lowest BCUT2D eigenvalue weighted by Gasteiger charge is -2.44. The van der Waals surface area contributed by atoms with Crippen LogP contribution in [-0.2, 0) is 35.1 Å². The second kappa shape index (κ2) is 8.32. The zero-order chi connectivity index (χ0) is 27.1. The third-order valence-electron chi connectivity index (χ3n) is 8.84.